The van der Waals surface area contributed by atoms with Crippen LogP contribution in [0.5, 0.6) is 0 Å². The van der Waals surface area contributed by atoms with Gasteiger partial charge in [-0.2, -0.15) is 0 Å². The molecule has 2 aromatic rings. The fourth-order valence-electron chi connectivity index (χ4n) is 3.01. The van der Waals surface area contributed by atoms with Gasteiger partial charge in [0.25, 0.3) is 0 Å². The molecule has 3 N–H and O–H groups in total. The van der Waals surface area contributed by atoms with Crippen LogP contribution in [-0.2, 0) is 10.3 Å². The number of carbonyl (C=O) groups is 1. The highest BCUT2D eigenvalue weighted by Crippen LogP contribution is 2.42. The Morgan fingerprint density at radius 1 is 1.14 bits per heavy atom. The number of guanidine groups is 1. The Hall–Kier alpha value is -2.69. The van der Waals surface area contributed by atoms with Crippen molar-refractivity contribution in [1.29, 1.82) is 0 Å². The molecule has 0 bridgehead atoms. The van der Waals surface area contributed by atoms with Crippen LogP contribution in [0.25, 0.3) is 0 Å². The van der Waals surface area contributed by atoms with Crippen molar-refractivity contribution in [2.45, 2.75) is 18.4 Å². The summed E-state index contributed by atoms with van der Waals surface area (Å²) < 4.78 is 14.3. The monoisotopic (exact) mass is 297 g/mol. The maximum atomic E-state index is 14.3. The molecule has 0 fully saturated rings. The summed E-state index contributed by atoms with van der Waals surface area (Å²) in [4.78, 5) is 16.9. The summed E-state index contributed by atoms with van der Waals surface area (Å²) in [6, 6.07) is 15.5. The zero-order valence-corrected chi connectivity index (χ0v) is 12.1. The van der Waals surface area contributed by atoms with Gasteiger partial charge < -0.3 is 5.73 Å². The Bertz CT molecular complexity index is 745. The number of rotatable bonds is 2. The van der Waals surface area contributed by atoms with Gasteiger partial charge in [0.05, 0.1) is 5.92 Å². The molecule has 0 saturated heterocycles. The molecule has 1 heterocycles. The Morgan fingerprint density at radius 3 is 2.45 bits per heavy atom. The van der Waals surface area contributed by atoms with E-state index in [-0.39, 0.29) is 11.9 Å². The summed E-state index contributed by atoms with van der Waals surface area (Å²) >= 11 is 0. The number of nitrogens with zero attached hydrogens (tertiary/aromatic N) is 1. The van der Waals surface area contributed by atoms with E-state index >= 15 is 0 Å². The van der Waals surface area contributed by atoms with Crippen molar-refractivity contribution < 1.29 is 9.18 Å². The van der Waals surface area contributed by atoms with Gasteiger partial charge in [-0.3, -0.25) is 10.1 Å². The van der Waals surface area contributed by atoms with Crippen LogP contribution in [0.4, 0.5) is 4.39 Å². The molecule has 0 spiro atoms. The van der Waals surface area contributed by atoms with E-state index in [2.05, 4.69) is 10.3 Å². The van der Waals surface area contributed by atoms with Gasteiger partial charge in [0, 0.05) is 5.56 Å². The number of benzene rings is 2. The van der Waals surface area contributed by atoms with Crippen molar-refractivity contribution >= 4 is 11.9 Å². The lowest BCUT2D eigenvalue weighted by Crippen LogP contribution is -2.52. The Labute approximate surface area is 127 Å². The van der Waals surface area contributed by atoms with Gasteiger partial charge in [0.15, 0.2) is 5.96 Å². The summed E-state index contributed by atoms with van der Waals surface area (Å²) in [5.74, 6) is -1.34. The van der Waals surface area contributed by atoms with E-state index in [0.29, 0.717) is 5.56 Å². The number of nitrogens with two attached hydrogens (primary N) is 1. The van der Waals surface area contributed by atoms with Crippen molar-refractivity contribution in [2.24, 2.45) is 10.7 Å². The maximum absolute atomic E-state index is 14.3. The summed E-state index contributed by atoms with van der Waals surface area (Å²) in [6.07, 6.45) is 0. The summed E-state index contributed by atoms with van der Waals surface area (Å²) in [5, 5.41) is 2.54. The first-order valence-corrected chi connectivity index (χ1v) is 6.98. The van der Waals surface area contributed by atoms with E-state index in [9.17, 15) is 9.18 Å². The molecule has 1 aliphatic heterocycles. The second-order valence-electron chi connectivity index (χ2n) is 5.46. The van der Waals surface area contributed by atoms with Crippen molar-refractivity contribution in [3.63, 3.8) is 0 Å². The number of aliphatic imine (C=N–C) groups is 1. The molecular weight excluding hydrogens is 281 g/mol. The van der Waals surface area contributed by atoms with Gasteiger partial charge in [-0.25, -0.2) is 9.38 Å². The fraction of sp³-hybridized carbons (Fsp3) is 0.176. The third-order valence-electron chi connectivity index (χ3n) is 3.98. The lowest BCUT2D eigenvalue weighted by atomic mass is 9.74. The minimum absolute atomic E-state index is 0.00272. The standard InChI is InChI=1S/C17H16FN3O/c1-17(12-9-5-6-10-13(12)18)14(11-7-3-2-4-8-11)15(22)20-16(19)21-17/h2-10,14H,1H3,(H3,19,20,21,22)/t14-,17+/m0/s1. The molecule has 22 heavy (non-hydrogen) atoms. The van der Waals surface area contributed by atoms with E-state index in [1.54, 1.807) is 25.1 Å². The van der Waals surface area contributed by atoms with Crippen molar-refractivity contribution in [2.75, 3.05) is 0 Å². The molecular formula is C17H16FN3O. The van der Waals surface area contributed by atoms with Gasteiger partial charge >= 0.3 is 0 Å². The minimum Gasteiger partial charge on any atom is -0.370 e. The molecule has 0 aromatic heterocycles. The Kier molecular flexibility index (Phi) is 3.41. The second kappa shape index (κ2) is 5.26. The van der Waals surface area contributed by atoms with Crippen LogP contribution < -0.4 is 11.1 Å². The van der Waals surface area contributed by atoms with E-state index < -0.39 is 17.3 Å². The van der Waals surface area contributed by atoms with Crippen molar-refractivity contribution in [1.82, 2.24) is 5.32 Å². The Morgan fingerprint density at radius 2 is 1.77 bits per heavy atom. The lowest BCUT2D eigenvalue weighted by molar-refractivity contribution is -0.123. The molecule has 0 aliphatic carbocycles. The molecule has 2 aromatic carbocycles. The van der Waals surface area contributed by atoms with Crippen LogP contribution >= 0.6 is 0 Å². The number of hydrogen-bond acceptors (Lipinski definition) is 3. The molecule has 0 radical (unpaired) electrons. The van der Waals surface area contributed by atoms with Gasteiger partial charge in [-0.15, -0.1) is 0 Å². The highest BCUT2D eigenvalue weighted by atomic mass is 19.1. The molecule has 2 atom stereocenters. The highest BCUT2D eigenvalue weighted by molar-refractivity contribution is 6.02. The first kappa shape index (κ1) is 14.3. The maximum Gasteiger partial charge on any atom is 0.237 e. The van der Waals surface area contributed by atoms with Crippen molar-refractivity contribution in [3.8, 4) is 0 Å². The zero-order chi connectivity index (χ0) is 15.7. The van der Waals surface area contributed by atoms with Crippen LogP contribution in [0.3, 0.4) is 0 Å². The fourth-order valence-corrected chi connectivity index (χ4v) is 3.01. The third kappa shape index (κ3) is 2.24. The predicted octanol–water partition coefficient (Wildman–Crippen LogP) is 2.27. The quantitative estimate of drug-likeness (QED) is 0.893. The van der Waals surface area contributed by atoms with Crippen LogP contribution in [0.2, 0.25) is 0 Å². The molecule has 0 saturated carbocycles. The molecule has 3 rings (SSSR count). The number of amides is 1. The van der Waals surface area contributed by atoms with E-state index in [0.717, 1.165) is 5.56 Å². The topological polar surface area (TPSA) is 67.5 Å². The first-order chi connectivity index (χ1) is 10.5. The lowest BCUT2D eigenvalue weighted by Gasteiger charge is -2.37. The largest absolute Gasteiger partial charge is 0.370 e. The smallest absolute Gasteiger partial charge is 0.237 e. The number of halogens is 1. The van der Waals surface area contributed by atoms with Crippen LogP contribution in [-0.4, -0.2) is 11.9 Å². The number of nitrogens with one attached hydrogen (secondary N) is 1. The van der Waals surface area contributed by atoms with Crippen molar-refractivity contribution in [3.05, 3.63) is 71.5 Å². The summed E-state index contributed by atoms with van der Waals surface area (Å²) in [6.45, 7) is 1.73. The summed E-state index contributed by atoms with van der Waals surface area (Å²) in [7, 11) is 0. The zero-order valence-electron chi connectivity index (χ0n) is 12.1. The van der Waals surface area contributed by atoms with Crippen LogP contribution in [0.15, 0.2) is 59.6 Å². The number of carbonyl (C=O) groups excluding carboxylic acids is 1. The first-order valence-electron chi connectivity index (χ1n) is 6.98. The molecule has 1 amide bonds. The highest BCUT2D eigenvalue weighted by Gasteiger charge is 2.46. The van der Waals surface area contributed by atoms with Gasteiger partial charge in [-0.1, -0.05) is 48.5 Å². The normalized spacial score (nSPS) is 24.5. The second-order valence-corrected chi connectivity index (χ2v) is 5.46. The van der Waals surface area contributed by atoms with E-state index in [1.165, 1.54) is 6.07 Å². The number of hydrogen-bond donors (Lipinski definition) is 2. The van der Waals surface area contributed by atoms with Gasteiger partial charge in [-0.05, 0) is 18.6 Å². The minimum atomic E-state index is -1.10. The molecule has 1 aliphatic rings. The van der Waals surface area contributed by atoms with Crippen LogP contribution in [0, 0.1) is 5.82 Å². The molecule has 112 valence electrons. The van der Waals surface area contributed by atoms with E-state index in [4.69, 9.17) is 5.73 Å². The predicted molar refractivity (Wildman–Crippen MR) is 82.7 cm³/mol. The third-order valence-corrected chi connectivity index (χ3v) is 3.98. The average Bonchev–Trinajstić information content (AvgIpc) is 2.47. The van der Waals surface area contributed by atoms with Gasteiger partial charge in [0.2, 0.25) is 5.91 Å². The Balaban J connectivity index is 2.22. The van der Waals surface area contributed by atoms with E-state index in [1.807, 2.05) is 30.3 Å². The average molecular weight is 297 g/mol. The summed E-state index contributed by atoms with van der Waals surface area (Å²) in [5.41, 5.74) is 5.74. The van der Waals surface area contributed by atoms with Gasteiger partial charge in [0.1, 0.15) is 11.4 Å². The SMILES string of the molecule is C[C@]1(c2ccccc2F)N=C(N)NC(=O)[C@@H]1c1ccccc1. The molecule has 0 unspecified atom stereocenters. The molecule has 5 heteroatoms. The molecule has 4 nitrogen and oxygen atoms in total. The van der Waals surface area contributed by atoms with Crippen LogP contribution in [0.1, 0.15) is 24.0 Å².